The summed E-state index contributed by atoms with van der Waals surface area (Å²) in [6, 6.07) is 76.0. The van der Waals surface area contributed by atoms with Gasteiger partial charge in [-0.1, -0.05) is 206 Å². The third-order valence-corrected chi connectivity index (χ3v) is 12.6. The molecule has 0 radical (unpaired) electrons. The fraction of sp³-hybridized carbons (Fsp3) is 0.0351. The third kappa shape index (κ3) is 5.12. The van der Waals surface area contributed by atoms with Crippen molar-refractivity contribution in [2.45, 2.75) is 11.5 Å². The summed E-state index contributed by atoms with van der Waals surface area (Å²) in [6.07, 6.45) is 2.27. The molecule has 1 unspecified atom stereocenters. The Morgan fingerprint density at radius 3 is 1.67 bits per heavy atom. The Balaban J connectivity index is 1.06. The Morgan fingerprint density at radius 2 is 0.933 bits per heavy atom. The number of rotatable bonds is 5. The van der Waals surface area contributed by atoms with Crippen LogP contribution in [0.3, 0.4) is 0 Å². The molecule has 0 saturated heterocycles. The average molecular weight is 767 g/mol. The van der Waals surface area contributed by atoms with E-state index in [-0.39, 0.29) is 6.04 Å². The van der Waals surface area contributed by atoms with Crippen LogP contribution in [0.2, 0.25) is 0 Å². The molecule has 1 atom stereocenters. The minimum atomic E-state index is -0.551. The SMILES string of the molecule is C1=C(c2ccc(-c3ccccc3)c3ccccc23)N=C(c2ccccc2-c2cccc3c2Oc2ccccc2C32c3ccccc3-c3ccccc32)NC1c1ccccc1. The van der Waals surface area contributed by atoms with Crippen LogP contribution < -0.4 is 10.1 Å². The quantitative estimate of drug-likeness (QED) is 0.189. The maximum absolute atomic E-state index is 7.13. The van der Waals surface area contributed by atoms with Crippen LogP contribution in [0.5, 0.6) is 11.5 Å². The molecule has 0 amide bonds. The fourth-order valence-electron chi connectivity index (χ4n) is 10.1. The number of para-hydroxylation sites is 2. The Hall–Kier alpha value is -7.75. The molecule has 9 aromatic carbocycles. The van der Waals surface area contributed by atoms with Crippen LogP contribution >= 0.6 is 0 Å². The fourth-order valence-corrected chi connectivity index (χ4v) is 10.1. The number of nitrogens with one attached hydrogen (secondary N) is 1. The van der Waals surface area contributed by atoms with Gasteiger partial charge in [0.1, 0.15) is 17.3 Å². The first-order valence-electron chi connectivity index (χ1n) is 20.7. The standard InChI is InChI=1S/C57H38N2O/c1-3-18-37(19-4-1)39-34-35-45(41-23-8-7-22-40(39)41)53-36-52(38-20-5-2-6-21-38)58-56(59-53)47-27-10-9-24-42(47)46-28-17-32-51-55(46)60-54-33-16-15-31-50(54)57(51)48-29-13-11-25-43(48)44-26-12-14-30-49(44)57/h1-36,52H,(H,58,59). The van der Waals surface area contributed by atoms with Crippen molar-refractivity contribution in [1.82, 2.24) is 5.32 Å². The first-order chi connectivity index (χ1) is 29.8. The van der Waals surface area contributed by atoms with Crippen molar-refractivity contribution >= 4 is 22.3 Å². The molecule has 0 aromatic heterocycles. The molecule has 1 spiro atoms. The second kappa shape index (κ2) is 13.7. The van der Waals surface area contributed by atoms with Crippen LogP contribution in [-0.2, 0) is 5.41 Å². The van der Waals surface area contributed by atoms with Crippen molar-refractivity contribution in [3.8, 4) is 44.9 Å². The van der Waals surface area contributed by atoms with Crippen LogP contribution in [0.4, 0.5) is 0 Å². The second-order valence-corrected chi connectivity index (χ2v) is 15.8. The molecule has 0 fully saturated rings. The molecule has 12 rings (SSSR count). The predicted octanol–water partition coefficient (Wildman–Crippen LogP) is 13.8. The lowest BCUT2D eigenvalue weighted by Gasteiger charge is -2.40. The molecule has 1 N–H and O–H groups in total. The summed E-state index contributed by atoms with van der Waals surface area (Å²) in [5.41, 5.74) is 15.5. The zero-order valence-corrected chi connectivity index (χ0v) is 32.7. The van der Waals surface area contributed by atoms with Gasteiger partial charge >= 0.3 is 0 Å². The van der Waals surface area contributed by atoms with Gasteiger partial charge in [-0.2, -0.15) is 0 Å². The van der Waals surface area contributed by atoms with Gasteiger partial charge in [0.15, 0.2) is 0 Å². The molecule has 1 aliphatic carbocycles. The predicted molar refractivity (Wildman–Crippen MR) is 245 cm³/mol. The summed E-state index contributed by atoms with van der Waals surface area (Å²) in [4.78, 5) is 5.54. The number of hydrogen-bond acceptors (Lipinski definition) is 3. The molecule has 282 valence electrons. The highest BCUT2D eigenvalue weighted by Crippen LogP contribution is 2.63. The summed E-state index contributed by atoms with van der Waals surface area (Å²) >= 11 is 0. The Labute approximate surface area is 349 Å². The van der Waals surface area contributed by atoms with Gasteiger partial charge in [-0.15, -0.1) is 0 Å². The van der Waals surface area contributed by atoms with E-state index in [4.69, 9.17) is 9.73 Å². The van der Waals surface area contributed by atoms with Crippen molar-refractivity contribution in [3.63, 3.8) is 0 Å². The van der Waals surface area contributed by atoms with Crippen LogP contribution in [0.15, 0.2) is 223 Å². The Morgan fingerprint density at radius 1 is 0.400 bits per heavy atom. The molecule has 3 heteroatoms. The smallest absolute Gasteiger partial charge is 0.140 e. The van der Waals surface area contributed by atoms with Crippen LogP contribution in [-0.4, -0.2) is 5.84 Å². The zero-order valence-electron chi connectivity index (χ0n) is 32.7. The molecule has 0 bridgehead atoms. The number of amidine groups is 1. The van der Waals surface area contributed by atoms with E-state index in [2.05, 4.69) is 224 Å². The molecule has 9 aromatic rings. The maximum Gasteiger partial charge on any atom is 0.140 e. The van der Waals surface area contributed by atoms with Gasteiger partial charge in [-0.05, 0) is 67.4 Å². The lowest BCUT2D eigenvalue weighted by molar-refractivity contribution is 0.438. The molecule has 60 heavy (non-hydrogen) atoms. The van der Waals surface area contributed by atoms with Gasteiger partial charge in [0.2, 0.25) is 0 Å². The highest BCUT2D eigenvalue weighted by Gasteiger charge is 2.51. The summed E-state index contributed by atoms with van der Waals surface area (Å²) in [5, 5.41) is 6.25. The first-order valence-corrected chi connectivity index (χ1v) is 20.7. The van der Waals surface area contributed by atoms with Gasteiger partial charge in [0.25, 0.3) is 0 Å². The third-order valence-electron chi connectivity index (χ3n) is 12.6. The monoisotopic (exact) mass is 766 g/mol. The van der Waals surface area contributed by atoms with Crippen molar-refractivity contribution in [1.29, 1.82) is 0 Å². The summed E-state index contributed by atoms with van der Waals surface area (Å²) in [7, 11) is 0. The van der Waals surface area contributed by atoms with Crippen molar-refractivity contribution in [3.05, 3.63) is 257 Å². The minimum absolute atomic E-state index is 0.114. The van der Waals surface area contributed by atoms with E-state index in [1.807, 2.05) is 0 Å². The Bertz CT molecular complexity index is 3170. The van der Waals surface area contributed by atoms with Crippen molar-refractivity contribution in [2.75, 3.05) is 0 Å². The van der Waals surface area contributed by atoms with Crippen molar-refractivity contribution < 1.29 is 4.74 Å². The van der Waals surface area contributed by atoms with E-state index in [1.165, 1.54) is 49.7 Å². The summed E-state index contributed by atoms with van der Waals surface area (Å²) in [6.45, 7) is 0. The molecular weight excluding hydrogens is 729 g/mol. The topological polar surface area (TPSA) is 33.6 Å². The highest BCUT2D eigenvalue weighted by atomic mass is 16.5. The number of ether oxygens (including phenoxy) is 1. The van der Waals surface area contributed by atoms with E-state index < -0.39 is 5.41 Å². The normalized spacial score (nSPS) is 15.4. The van der Waals surface area contributed by atoms with E-state index in [0.29, 0.717) is 0 Å². The number of nitrogens with zero attached hydrogens (tertiary/aromatic N) is 1. The van der Waals surface area contributed by atoms with Crippen LogP contribution in [0, 0.1) is 0 Å². The summed E-state index contributed by atoms with van der Waals surface area (Å²) < 4.78 is 7.13. The number of fused-ring (bicyclic) bond motifs is 10. The lowest BCUT2D eigenvalue weighted by Crippen LogP contribution is -2.32. The van der Waals surface area contributed by atoms with Gasteiger partial charge in [0.05, 0.1) is 17.2 Å². The average Bonchev–Trinajstić information content (AvgIpc) is 3.62. The van der Waals surface area contributed by atoms with Crippen molar-refractivity contribution in [2.24, 2.45) is 4.99 Å². The second-order valence-electron chi connectivity index (χ2n) is 15.8. The van der Waals surface area contributed by atoms with Gasteiger partial charge < -0.3 is 10.1 Å². The number of aliphatic imine (C=N–C) groups is 1. The number of hydrogen-bond donors (Lipinski definition) is 1. The zero-order chi connectivity index (χ0) is 39.6. The van der Waals surface area contributed by atoms with E-state index >= 15 is 0 Å². The Kier molecular flexibility index (Phi) is 7.82. The van der Waals surface area contributed by atoms with Crippen LogP contribution in [0.1, 0.15) is 45.0 Å². The minimum Gasteiger partial charge on any atom is -0.456 e. The molecule has 2 heterocycles. The van der Waals surface area contributed by atoms with Gasteiger partial charge in [-0.3, -0.25) is 0 Å². The lowest BCUT2D eigenvalue weighted by atomic mass is 9.65. The molecule has 3 nitrogen and oxygen atoms in total. The molecule has 2 aliphatic heterocycles. The van der Waals surface area contributed by atoms with E-state index in [0.717, 1.165) is 56.4 Å². The van der Waals surface area contributed by atoms with E-state index in [9.17, 15) is 0 Å². The molecule has 0 saturated carbocycles. The molecule has 3 aliphatic rings. The summed E-state index contributed by atoms with van der Waals surface area (Å²) in [5.74, 6) is 2.55. The largest absolute Gasteiger partial charge is 0.456 e. The van der Waals surface area contributed by atoms with Gasteiger partial charge in [-0.25, -0.2) is 4.99 Å². The number of benzene rings is 9. The molecular formula is C57H38N2O. The van der Waals surface area contributed by atoms with E-state index in [1.54, 1.807) is 0 Å². The highest BCUT2D eigenvalue weighted by molar-refractivity contribution is 6.11. The van der Waals surface area contributed by atoms with Gasteiger partial charge in [0, 0.05) is 27.8 Å². The maximum atomic E-state index is 7.13. The van der Waals surface area contributed by atoms with Crippen LogP contribution in [0.25, 0.3) is 49.9 Å². The first kappa shape index (κ1) is 34.3.